The van der Waals surface area contributed by atoms with Gasteiger partial charge in [-0.1, -0.05) is 13.8 Å². The lowest BCUT2D eigenvalue weighted by Gasteiger charge is -2.33. The molecule has 1 aliphatic rings. The topological polar surface area (TPSA) is 27.0 Å². The summed E-state index contributed by atoms with van der Waals surface area (Å²) in [5, 5.41) is 8.80. The SMILES string of the molecule is CC(C)CN(C)C1CCC(C#N)CC1. The molecular formula is C12H22N2. The van der Waals surface area contributed by atoms with E-state index in [1.165, 1.54) is 19.4 Å². The standard InChI is InChI=1S/C12H22N2/c1-10(2)9-14(3)12-6-4-11(8-13)5-7-12/h10-12H,4-7,9H2,1-3H3. The van der Waals surface area contributed by atoms with Crippen LogP contribution in [-0.2, 0) is 0 Å². The van der Waals surface area contributed by atoms with E-state index in [0.29, 0.717) is 5.92 Å². The van der Waals surface area contributed by atoms with E-state index in [1.54, 1.807) is 0 Å². The molecular weight excluding hydrogens is 172 g/mol. The lowest BCUT2D eigenvalue weighted by molar-refractivity contribution is 0.163. The molecule has 0 radical (unpaired) electrons. The third kappa shape index (κ3) is 3.31. The van der Waals surface area contributed by atoms with Gasteiger partial charge in [-0.3, -0.25) is 0 Å². The van der Waals surface area contributed by atoms with Crippen molar-refractivity contribution in [1.82, 2.24) is 4.90 Å². The minimum absolute atomic E-state index is 0.332. The highest BCUT2D eigenvalue weighted by atomic mass is 15.1. The van der Waals surface area contributed by atoms with Crippen molar-refractivity contribution in [3.05, 3.63) is 0 Å². The second-order valence-electron chi connectivity index (χ2n) is 4.97. The maximum Gasteiger partial charge on any atom is 0.0655 e. The van der Waals surface area contributed by atoms with Crippen LogP contribution in [-0.4, -0.2) is 24.5 Å². The van der Waals surface area contributed by atoms with Gasteiger partial charge in [0.15, 0.2) is 0 Å². The molecule has 0 aromatic rings. The van der Waals surface area contributed by atoms with Gasteiger partial charge in [0.25, 0.3) is 0 Å². The first-order valence-corrected chi connectivity index (χ1v) is 5.73. The van der Waals surface area contributed by atoms with E-state index in [1.807, 2.05) is 0 Å². The number of nitriles is 1. The first-order valence-electron chi connectivity index (χ1n) is 5.73. The summed E-state index contributed by atoms with van der Waals surface area (Å²) < 4.78 is 0. The van der Waals surface area contributed by atoms with Crippen molar-refractivity contribution < 1.29 is 0 Å². The van der Waals surface area contributed by atoms with Gasteiger partial charge in [0.1, 0.15) is 0 Å². The maximum atomic E-state index is 8.80. The third-order valence-electron chi connectivity index (χ3n) is 3.16. The average Bonchev–Trinajstić information content (AvgIpc) is 2.17. The van der Waals surface area contributed by atoms with Crippen LogP contribution in [0.4, 0.5) is 0 Å². The van der Waals surface area contributed by atoms with Gasteiger partial charge in [0.05, 0.1) is 6.07 Å². The molecule has 1 fully saturated rings. The molecule has 0 aromatic carbocycles. The molecule has 0 aromatic heterocycles. The van der Waals surface area contributed by atoms with E-state index in [0.717, 1.165) is 24.8 Å². The molecule has 80 valence electrons. The zero-order valence-electron chi connectivity index (χ0n) is 9.66. The van der Waals surface area contributed by atoms with Gasteiger partial charge in [0, 0.05) is 18.5 Å². The first-order chi connectivity index (χ1) is 6.63. The Labute approximate surface area is 87.9 Å². The van der Waals surface area contributed by atoms with Crippen LogP contribution in [0.25, 0.3) is 0 Å². The minimum atomic E-state index is 0.332. The molecule has 0 aliphatic heterocycles. The summed E-state index contributed by atoms with van der Waals surface area (Å²) in [5.74, 6) is 1.08. The predicted molar refractivity (Wildman–Crippen MR) is 58.8 cm³/mol. The molecule has 2 heteroatoms. The number of hydrogen-bond acceptors (Lipinski definition) is 2. The highest BCUT2D eigenvalue weighted by Gasteiger charge is 2.23. The van der Waals surface area contributed by atoms with Crippen LogP contribution in [0, 0.1) is 23.2 Å². The van der Waals surface area contributed by atoms with E-state index < -0.39 is 0 Å². The van der Waals surface area contributed by atoms with Crippen molar-refractivity contribution >= 4 is 0 Å². The number of rotatable bonds is 3. The Kier molecular flexibility index (Phi) is 4.41. The Morgan fingerprint density at radius 3 is 2.29 bits per heavy atom. The van der Waals surface area contributed by atoms with Crippen molar-refractivity contribution in [2.24, 2.45) is 11.8 Å². The fourth-order valence-electron chi connectivity index (χ4n) is 2.37. The molecule has 1 rings (SSSR count). The van der Waals surface area contributed by atoms with Gasteiger partial charge in [-0.15, -0.1) is 0 Å². The monoisotopic (exact) mass is 194 g/mol. The highest BCUT2D eigenvalue weighted by molar-refractivity contribution is 4.89. The van der Waals surface area contributed by atoms with Crippen molar-refractivity contribution in [2.45, 2.75) is 45.6 Å². The fraction of sp³-hybridized carbons (Fsp3) is 0.917. The Morgan fingerprint density at radius 1 is 1.29 bits per heavy atom. The summed E-state index contributed by atoms with van der Waals surface area (Å²) in [6.45, 7) is 5.71. The molecule has 0 spiro atoms. The van der Waals surface area contributed by atoms with Crippen molar-refractivity contribution in [3.8, 4) is 6.07 Å². The highest BCUT2D eigenvalue weighted by Crippen LogP contribution is 2.26. The summed E-state index contributed by atoms with van der Waals surface area (Å²) in [7, 11) is 2.22. The van der Waals surface area contributed by atoms with Gasteiger partial charge >= 0.3 is 0 Å². The smallest absolute Gasteiger partial charge is 0.0655 e. The molecule has 1 aliphatic carbocycles. The number of nitrogens with zero attached hydrogens (tertiary/aromatic N) is 2. The minimum Gasteiger partial charge on any atom is -0.303 e. The van der Waals surface area contributed by atoms with Crippen molar-refractivity contribution in [1.29, 1.82) is 5.26 Å². The van der Waals surface area contributed by atoms with Crippen LogP contribution < -0.4 is 0 Å². The molecule has 0 atom stereocenters. The van der Waals surface area contributed by atoms with Crippen LogP contribution in [0.3, 0.4) is 0 Å². The van der Waals surface area contributed by atoms with E-state index in [4.69, 9.17) is 5.26 Å². The Morgan fingerprint density at radius 2 is 1.86 bits per heavy atom. The summed E-state index contributed by atoms with van der Waals surface area (Å²) in [6.07, 6.45) is 4.62. The molecule has 1 saturated carbocycles. The second-order valence-corrected chi connectivity index (χ2v) is 4.97. The van der Waals surface area contributed by atoms with Crippen molar-refractivity contribution in [3.63, 3.8) is 0 Å². The van der Waals surface area contributed by atoms with Crippen LogP contribution in [0.1, 0.15) is 39.5 Å². The van der Waals surface area contributed by atoms with E-state index >= 15 is 0 Å². The summed E-state index contributed by atoms with van der Waals surface area (Å²) in [4.78, 5) is 2.47. The largest absolute Gasteiger partial charge is 0.303 e. The van der Waals surface area contributed by atoms with E-state index in [9.17, 15) is 0 Å². The average molecular weight is 194 g/mol. The zero-order valence-corrected chi connectivity index (χ0v) is 9.66. The van der Waals surface area contributed by atoms with Crippen LogP contribution in [0.5, 0.6) is 0 Å². The quantitative estimate of drug-likeness (QED) is 0.690. The third-order valence-corrected chi connectivity index (χ3v) is 3.16. The Hall–Kier alpha value is -0.550. The van der Waals surface area contributed by atoms with Gasteiger partial charge in [-0.05, 0) is 38.6 Å². The van der Waals surface area contributed by atoms with Gasteiger partial charge in [0.2, 0.25) is 0 Å². The fourth-order valence-corrected chi connectivity index (χ4v) is 2.37. The van der Waals surface area contributed by atoms with E-state index in [-0.39, 0.29) is 0 Å². The first kappa shape index (κ1) is 11.5. The van der Waals surface area contributed by atoms with Crippen LogP contribution >= 0.6 is 0 Å². The Balaban J connectivity index is 2.31. The van der Waals surface area contributed by atoms with Crippen LogP contribution in [0.2, 0.25) is 0 Å². The molecule has 0 amide bonds. The summed E-state index contributed by atoms with van der Waals surface area (Å²) in [5.41, 5.74) is 0. The van der Waals surface area contributed by atoms with E-state index in [2.05, 4.69) is 31.9 Å². The molecule has 0 N–H and O–H groups in total. The van der Waals surface area contributed by atoms with Gasteiger partial charge in [-0.2, -0.15) is 5.26 Å². The van der Waals surface area contributed by atoms with Crippen molar-refractivity contribution in [2.75, 3.05) is 13.6 Å². The molecule has 0 saturated heterocycles. The summed E-state index contributed by atoms with van der Waals surface area (Å²) >= 11 is 0. The predicted octanol–water partition coefficient (Wildman–Crippen LogP) is 2.66. The molecule has 0 heterocycles. The molecule has 2 nitrogen and oxygen atoms in total. The summed E-state index contributed by atoms with van der Waals surface area (Å²) in [6, 6.07) is 3.11. The van der Waals surface area contributed by atoms with Gasteiger partial charge in [-0.25, -0.2) is 0 Å². The second kappa shape index (κ2) is 5.36. The Bertz CT molecular complexity index is 197. The molecule has 0 unspecified atom stereocenters. The maximum absolute atomic E-state index is 8.80. The number of hydrogen-bond donors (Lipinski definition) is 0. The lowest BCUT2D eigenvalue weighted by Crippen LogP contribution is -2.37. The normalized spacial score (nSPS) is 28.0. The van der Waals surface area contributed by atoms with Crippen LogP contribution in [0.15, 0.2) is 0 Å². The zero-order chi connectivity index (χ0) is 10.6. The molecule has 0 bridgehead atoms. The lowest BCUT2D eigenvalue weighted by atomic mass is 9.86. The van der Waals surface area contributed by atoms with Gasteiger partial charge < -0.3 is 4.90 Å². The molecule has 14 heavy (non-hydrogen) atoms.